The molecular weight excluding hydrogens is 214 g/mol. The molecule has 96 valence electrons. The molecule has 2 aliphatic heterocycles. The van der Waals surface area contributed by atoms with E-state index in [2.05, 4.69) is 4.90 Å². The van der Waals surface area contributed by atoms with Crippen molar-refractivity contribution >= 4 is 5.78 Å². The Kier molecular flexibility index (Phi) is 3.22. The summed E-state index contributed by atoms with van der Waals surface area (Å²) in [4.78, 5) is 13.8. The van der Waals surface area contributed by atoms with Gasteiger partial charge in [0.15, 0.2) is 0 Å². The van der Waals surface area contributed by atoms with E-state index in [0.717, 1.165) is 39.0 Å². The molecule has 0 aromatic carbocycles. The average molecular weight is 237 g/mol. The molecule has 2 saturated heterocycles. The predicted octanol–water partition coefficient (Wildman–Crippen LogP) is 2.14. The standard InChI is InChI=1S/C14H23NO2/c16-13-3-8-15(9-4-13)12-5-10-17-14(11-12)6-1-2-7-14/h12H,1-11H2. The third-order valence-corrected chi connectivity index (χ3v) is 4.85. The van der Waals surface area contributed by atoms with Gasteiger partial charge in [-0.2, -0.15) is 0 Å². The van der Waals surface area contributed by atoms with E-state index in [1.807, 2.05) is 0 Å². The van der Waals surface area contributed by atoms with Crippen molar-refractivity contribution < 1.29 is 9.53 Å². The van der Waals surface area contributed by atoms with Crippen LogP contribution in [0.5, 0.6) is 0 Å². The molecule has 2 heterocycles. The Hall–Kier alpha value is -0.410. The predicted molar refractivity (Wildman–Crippen MR) is 66.0 cm³/mol. The van der Waals surface area contributed by atoms with E-state index >= 15 is 0 Å². The van der Waals surface area contributed by atoms with Crippen molar-refractivity contribution in [1.82, 2.24) is 4.90 Å². The highest BCUT2D eigenvalue weighted by Gasteiger charge is 2.41. The molecule has 0 bridgehead atoms. The molecule has 3 heteroatoms. The second-order valence-electron chi connectivity index (χ2n) is 5.96. The van der Waals surface area contributed by atoms with Gasteiger partial charge in [0.05, 0.1) is 5.60 Å². The van der Waals surface area contributed by atoms with Crippen molar-refractivity contribution in [2.75, 3.05) is 19.7 Å². The number of hydrogen-bond donors (Lipinski definition) is 0. The largest absolute Gasteiger partial charge is 0.375 e. The zero-order chi connectivity index (χ0) is 11.7. The third-order valence-electron chi connectivity index (χ3n) is 4.85. The van der Waals surface area contributed by atoms with Crippen LogP contribution in [-0.4, -0.2) is 42.0 Å². The molecule has 1 saturated carbocycles. The Morgan fingerprint density at radius 3 is 2.59 bits per heavy atom. The lowest BCUT2D eigenvalue weighted by Crippen LogP contribution is -2.50. The number of ether oxygens (including phenoxy) is 1. The van der Waals surface area contributed by atoms with Crippen molar-refractivity contribution in [1.29, 1.82) is 0 Å². The SMILES string of the molecule is O=C1CCN(C2CCOC3(CCCC3)C2)CC1. The van der Waals surface area contributed by atoms with E-state index in [1.165, 1.54) is 32.1 Å². The van der Waals surface area contributed by atoms with Gasteiger partial charge in [-0.25, -0.2) is 0 Å². The maximum absolute atomic E-state index is 11.3. The van der Waals surface area contributed by atoms with Crippen LogP contribution in [0.25, 0.3) is 0 Å². The van der Waals surface area contributed by atoms with Gasteiger partial charge in [-0.1, -0.05) is 12.8 Å². The second-order valence-corrected chi connectivity index (χ2v) is 5.96. The number of rotatable bonds is 1. The van der Waals surface area contributed by atoms with Gasteiger partial charge in [-0.15, -0.1) is 0 Å². The van der Waals surface area contributed by atoms with Gasteiger partial charge in [0.1, 0.15) is 5.78 Å². The van der Waals surface area contributed by atoms with Crippen LogP contribution in [0.2, 0.25) is 0 Å². The minimum Gasteiger partial charge on any atom is -0.375 e. The summed E-state index contributed by atoms with van der Waals surface area (Å²) in [5, 5.41) is 0. The average Bonchev–Trinajstić information content (AvgIpc) is 2.78. The quantitative estimate of drug-likeness (QED) is 0.700. The zero-order valence-corrected chi connectivity index (χ0v) is 10.6. The molecule has 1 unspecified atom stereocenters. The van der Waals surface area contributed by atoms with Crippen LogP contribution >= 0.6 is 0 Å². The molecule has 0 aromatic rings. The highest BCUT2D eigenvalue weighted by atomic mass is 16.5. The normalized spacial score (nSPS) is 34.4. The molecule has 3 rings (SSSR count). The number of nitrogens with zero attached hydrogens (tertiary/aromatic N) is 1. The molecule has 1 aliphatic carbocycles. The Morgan fingerprint density at radius 2 is 1.88 bits per heavy atom. The Labute approximate surface area is 104 Å². The van der Waals surface area contributed by atoms with Crippen LogP contribution in [0.3, 0.4) is 0 Å². The lowest BCUT2D eigenvalue weighted by atomic mass is 9.87. The lowest BCUT2D eigenvalue weighted by molar-refractivity contribution is -0.125. The van der Waals surface area contributed by atoms with Gasteiger partial charge in [-0.05, 0) is 25.7 Å². The monoisotopic (exact) mass is 237 g/mol. The first-order valence-corrected chi connectivity index (χ1v) is 7.17. The van der Waals surface area contributed by atoms with E-state index in [4.69, 9.17) is 4.74 Å². The van der Waals surface area contributed by atoms with Crippen molar-refractivity contribution in [3.8, 4) is 0 Å². The fourth-order valence-corrected chi connectivity index (χ4v) is 3.82. The number of carbonyl (C=O) groups is 1. The summed E-state index contributed by atoms with van der Waals surface area (Å²) in [7, 11) is 0. The summed E-state index contributed by atoms with van der Waals surface area (Å²) >= 11 is 0. The second kappa shape index (κ2) is 4.69. The molecule has 17 heavy (non-hydrogen) atoms. The van der Waals surface area contributed by atoms with Gasteiger partial charge in [0.25, 0.3) is 0 Å². The molecule has 1 spiro atoms. The molecule has 0 aromatic heterocycles. The van der Waals surface area contributed by atoms with Crippen LogP contribution in [0, 0.1) is 0 Å². The molecule has 0 amide bonds. The van der Waals surface area contributed by atoms with Crippen molar-refractivity contribution in [3.63, 3.8) is 0 Å². The van der Waals surface area contributed by atoms with Crippen molar-refractivity contribution in [2.24, 2.45) is 0 Å². The van der Waals surface area contributed by atoms with Gasteiger partial charge in [-0.3, -0.25) is 9.69 Å². The van der Waals surface area contributed by atoms with Crippen LogP contribution in [-0.2, 0) is 9.53 Å². The van der Waals surface area contributed by atoms with Gasteiger partial charge in [0, 0.05) is 38.6 Å². The van der Waals surface area contributed by atoms with E-state index in [1.54, 1.807) is 0 Å². The number of likely N-dealkylation sites (tertiary alicyclic amines) is 1. The van der Waals surface area contributed by atoms with Crippen molar-refractivity contribution in [2.45, 2.75) is 63.0 Å². The number of ketones is 1. The van der Waals surface area contributed by atoms with E-state index in [9.17, 15) is 4.79 Å². The molecule has 1 atom stereocenters. The Bertz CT molecular complexity index is 287. The lowest BCUT2D eigenvalue weighted by Gasteiger charge is -2.44. The van der Waals surface area contributed by atoms with Crippen LogP contribution in [0.1, 0.15) is 51.4 Å². The number of carbonyl (C=O) groups excluding carboxylic acids is 1. The Balaban J connectivity index is 1.61. The molecule has 3 fully saturated rings. The minimum absolute atomic E-state index is 0.213. The summed E-state index contributed by atoms with van der Waals surface area (Å²) in [5.41, 5.74) is 0.213. The summed E-state index contributed by atoms with van der Waals surface area (Å²) in [6, 6.07) is 0.676. The zero-order valence-electron chi connectivity index (χ0n) is 10.6. The molecule has 0 radical (unpaired) electrons. The maximum atomic E-state index is 11.3. The first-order chi connectivity index (χ1) is 8.27. The number of piperidine rings is 1. The smallest absolute Gasteiger partial charge is 0.135 e. The number of Topliss-reactive ketones (excluding diaryl/α,β-unsaturated/α-hetero) is 1. The van der Waals surface area contributed by atoms with Gasteiger partial charge >= 0.3 is 0 Å². The third kappa shape index (κ3) is 2.41. The van der Waals surface area contributed by atoms with Crippen molar-refractivity contribution in [3.05, 3.63) is 0 Å². The van der Waals surface area contributed by atoms with Crippen LogP contribution in [0.15, 0.2) is 0 Å². The van der Waals surface area contributed by atoms with Crippen LogP contribution < -0.4 is 0 Å². The molecular formula is C14H23NO2. The maximum Gasteiger partial charge on any atom is 0.135 e. The Morgan fingerprint density at radius 1 is 1.18 bits per heavy atom. The van der Waals surface area contributed by atoms with E-state index < -0.39 is 0 Å². The molecule has 3 aliphatic rings. The number of hydrogen-bond acceptors (Lipinski definition) is 3. The highest BCUT2D eigenvalue weighted by Crippen LogP contribution is 2.41. The highest BCUT2D eigenvalue weighted by molar-refractivity contribution is 5.79. The topological polar surface area (TPSA) is 29.5 Å². The summed E-state index contributed by atoms with van der Waals surface area (Å²) in [5.74, 6) is 0.448. The molecule has 3 nitrogen and oxygen atoms in total. The van der Waals surface area contributed by atoms with E-state index in [0.29, 0.717) is 11.8 Å². The van der Waals surface area contributed by atoms with E-state index in [-0.39, 0.29) is 5.60 Å². The fourth-order valence-electron chi connectivity index (χ4n) is 3.82. The van der Waals surface area contributed by atoms with Gasteiger partial charge < -0.3 is 4.74 Å². The fraction of sp³-hybridized carbons (Fsp3) is 0.929. The summed E-state index contributed by atoms with van der Waals surface area (Å²) in [6.07, 6.45) is 9.11. The summed E-state index contributed by atoms with van der Waals surface area (Å²) < 4.78 is 6.07. The van der Waals surface area contributed by atoms with Gasteiger partial charge in [0.2, 0.25) is 0 Å². The first-order valence-electron chi connectivity index (χ1n) is 7.17. The van der Waals surface area contributed by atoms with Crippen LogP contribution in [0.4, 0.5) is 0 Å². The molecule has 0 N–H and O–H groups in total. The first kappa shape index (κ1) is 11.7. The summed E-state index contributed by atoms with van der Waals surface area (Å²) in [6.45, 7) is 2.90. The minimum atomic E-state index is 0.213.